The molecule has 1 aromatic heterocycles. The van der Waals surface area contributed by atoms with Crippen LogP contribution in [0.2, 0.25) is 5.02 Å². The summed E-state index contributed by atoms with van der Waals surface area (Å²) in [6, 6.07) is 15.9. The summed E-state index contributed by atoms with van der Waals surface area (Å²) in [6.45, 7) is 10.1. The number of benzene rings is 3. The molecule has 5 rings (SSSR count). The minimum Gasteiger partial charge on any atom is -0.507 e. The second kappa shape index (κ2) is 10.4. The second-order valence-corrected chi connectivity index (χ2v) is 10.1. The van der Waals surface area contributed by atoms with Crippen molar-refractivity contribution in [2.75, 3.05) is 31.1 Å². The molecule has 0 atom stereocenters. The summed E-state index contributed by atoms with van der Waals surface area (Å²) in [4.78, 5) is 20.8. The monoisotopic (exact) mass is 531 g/mol. The van der Waals surface area contributed by atoms with Crippen LogP contribution in [-0.4, -0.2) is 47.1 Å². The Morgan fingerprint density at radius 3 is 2.55 bits per heavy atom. The van der Waals surface area contributed by atoms with Gasteiger partial charge in [-0.05, 0) is 47.3 Å². The zero-order valence-corrected chi connectivity index (χ0v) is 22.1. The van der Waals surface area contributed by atoms with Crippen LogP contribution in [0.25, 0.3) is 27.7 Å². The van der Waals surface area contributed by atoms with Gasteiger partial charge in [0.15, 0.2) is 0 Å². The highest BCUT2D eigenvalue weighted by atomic mass is 35.5. The number of para-hydroxylation sites is 1. The van der Waals surface area contributed by atoms with E-state index in [0.29, 0.717) is 36.8 Å². The first-order chi connectivity index (χ1) is 18.3. The number of phenolic OH excluding ortho intramolecular Hbond substituents is 1. The Bertz CT molecular complexity index is 1530. The van der Waals surface area contributed by atoms with Gasteiger partial charge in [-0.1, -0.05) is 56.3 Å². The number of aromatic hydroxyl groups is 1. The van der Waals surface area contributed by atoms with Crippen LogP contribution in [-0.2, 0) is 4.79 Å². The molecule has 1 aliphatic rings. The molecule has 0 radical (unpaired) electrons. The van der Waals surface area contributed by atoms with Crippen molar-refractivity contribution < 1.29 is 18.9 Å². The molecule has 6 nitrogen and oxygen atoms in total. The van der Waals surface area contributed by atoms with Crippen LogP contribution in [0, 0.1) is 5.82 Å². The first-order valence-corrected chi connectivity index (χ1v) is 12.9. The van der Waals surface area contributed by atoms with Crippen molar-refractivity contribution in [2.45, 2.75) is 19.8 Å². The molecule has 0 unspecified atom stereocenters. The van der Waals surface area contributed by atoms with E-state index in [1.165, 1.54) is 24.3 Å². The lowest BCUT2D eigenvalue weighted by Crippen LogP contribution is -2.49. The average Bonchev–Trinajstić information content (AvgIpc) is 2.92. The van der Waals surface area contributed by atoms with E-state index in [1.54, 1.807) is 17.3 Å². The molecule has 38 heavy (non-hydrogen) atoms. The van der Waals surface area contributed by atoms with Crippen LogP contribution in [0.1, 0.15) is 25.3 Å². The van der Waals surface area contributed by atoms with E-state index in [4.69, 9.17) is 16.6 Å². The number of amides is 1. The lowest BCUT2D eigenvalue weighted by molar-refractivity contribution is -0.571. The van der Waals surface area contributed by atoms with Crippen molar-refractivity contribution in [1.82, 2.24) is 9.88 Å². The Labute approximate surface area is 226 Å². The maximum Gasteiger partial charge on any atom is 0.294 e. The normalized spacial score (nSPS) is 13.8. The van der Waals surface area contributed by atoms with E-state index in [1.807, 2.05) is 28.8 Å². The number of halogens is 2. The number of aromatic nitrogens is 2. The number of fused-ring (bicyclic) bond motifs is 1. The number of carbonyl (C=O) groups is 1. The average molecular weight is 532 g/mol. The van der Waals surface area contributed by atoms with Gasteiger partial charge in [-0.25, -0.2) is 4.39 Å². The predicted molar refractivity (Wildman–Crippen MR) is 148 cm³/mol. The molecule has 1 aliphatic heterocycles. The van der Waals surface area contributed by atoms with E-state index in [2.05, 4.69) is 31.4 Å². The van der Waals surface area contributed by atoms with Crippen LogP contribution >= 0.6 is 11.6 Å². The maximum absolute atomic E-state index is 14.9. The topological polar surface area (TPSA) is 60.6 Å². The van der Waals surface area contributed by atoms with Crippen LogP contribution in [0.4, 0.5) is 10.2 Å². The second-order valence-electron chi connectivity index (χ2n) is 9.65. The molecule has 4 aromatic rings. The van der Waals surface area contributed by atoms with Gasteiger partial charge in [-0.15, -0.1) is 0 Å². The van der Waals surface area contributed by atoms with Gasteiger partial charge >= 0.3 is 0 Å². The van der Waals surface area contributed by atoms with Crippen LogP contribution < -0.4 is 9.47 Å². The summed E-state index contributed by atoms with van der Waals surface area (Å²) in [6.07, 6.45) is 3.11. The molecule has 0 aliphatic carbocycles. The molecule has 2 heterocycles. The molecule has 0 saturated carbocycles. The van der Waals surface area contributed by atoms with Gasteiger partial charge in [0.1, 0.15) is 22.8 Å². The van der Waals surface area contributed by atoms with E-state index < -0.39 is 5.82 Å². The number of carbonyl (C=O) groups excluding carboxylic acids is 1. The Hall–Kier alpha value is -3.97. The molecular formula is C30H29ClFN4O2+. The van der Waals surface area contributed by atoms with Crippen LogP contribution in [0.3, 0.4) is 0 Å². The largest absolute Gasteiger partial charge is 0.507 e. The Kier molecular flexibility index (Phi) is 7.04. The highest BCUT2D eigenvalue weighted by Gasteiger charge is 2.28. The first kappa shape index (κ1) is 25.7. The fraction of sp³-hybridized carbons (Fsp3) is 0.233. The SMILES string of the molecule is C=CC(=O)N1CCN(c2nc[n+](-c3ccccc3C(C)C)c3cc(-c4c(O)cccc4F)c(Cl)cc23)CC1. The molecular weight excluding hydrogens is 503 g/mol. The van der Waals surface area contributed by atoms with Crippen molar-refractivity contribution in [3.63, 3.8) is 0 Å². The summed E-state index contributed by atoms with van der Waals surface area (Å²) in [7, 11) is 0. The zero-order chi connectivity index (χ0) is 27.0. The molecule has 0 bridgehead atoms. The minimum absolute atomic E-state index is 0.0537. The zero-order valence-electron chi connectivity index (χ0n) is 21.4. The lowest BCUT2D eigenvalue weighted by atomic mass is 9.99. The number of phenols is 1. The fourth-order valence-corrected chi connectivity index (χ4v) is 5.32. The van der Waals surface area contributed by atoms with Gasteiger partial charge in [0, 0.05) is 42.3 Å². The molecule has 1 amide bonds. The highest BCUT2D eigenvalue weighted by Crippen LogP contribution is 2.40. The van der Waals surface area contributed by atoms with Crippen molar-refractivity contribution in [2.24, 2.45) is 0 Å². The third kappa shape index (κ3) is 4.58. The van der Waals surface area contributed by atoms with Gasteiger partial charge in [-0.2, -0.15) is 4.57 Å². The Morgan fingerprint density at radius 1 is 1.13 bits per heavy atom. The van der Waals surface area contributed by atoms with E-state index >= 15 is 0 Å². The van der Waals surface area contributed by atoms with Gasteiger partial charge in [-0.3, -0.25) is 4.79 Å². The number of piperazine rings is 1. The fourth-order valence-electron chi connectivity index (χ4n) is 5.06. The quantitative estimate of drug-likeness (QED) is 0.268. The minimum atomic E-state index is -0.558. The van der Waals surface area contributed by atoms with Gasteiger partial charge < -0.3 is 14.9 Å². The van der Waals surface area contributed by atoms with Crippen molar-refractivity contribution in [3.8, 4) is 22.6 Å². The Balaban J connectivity index is 1.73. The molecule has 3 aromatic carbocycles. The number of anilines is 1. The van der Waals surface area contributed by atoms with Crippen LogP contribution in [0.15, 0.2) is 73.6 Å². The van der Waals surface area contributed by atoms with Gasteiger partial charge in [0.05, 0.1) is 10.9 Å². The molecule has 0 spiro atoms. The molecule has 1 fully saturated rings. The number of nitrogens with zero attached hydrogens (tertiary/aromatic N) is 4. The smallest absolute Gasteiger partial charge is 0.294 e. The van der Waals surface area contributed by atoms with Crippen molar-refractivity contribution in [3.05, 3.63) is 90.0 Å². The predicted octanol–water partition coefficient (Wildman–Crippen LogP) is 5.63. The van der Waals surface area contributed by atoms with Crippen LogP contribution in [0.5, 0.6) is 5.75 Å². The molecule has 8 heteroatoms. The van der Waals surface area contributed by atoms with E-state index in [9.17, 15) is 14.3 Å². The number of hydrogen-bond acceptors (Lipinski definition) is 4. The summed E-state index contributed by atoms with van der Waals surface area (Å²) in [5, 5.41) is 11.6. The summed E-state index contributed by atoms with van der Waals surface area (Å²) < 4.78 is 16.9. The lowest BCUT2D eigenvalue weighted by Gasteiger charge is -2.33. The van der Waals surface area contributed by atoms with Gasteiger partial charge in [0.25, 0.3) is 12.1 Å². The molecule has 194 valence electrons. The summed E-state index contributed by atoms with van der Waals surface area (Å²) in [5.41, 5.74) is 3.31. The van der Waals surface area contributed by atoms with Crippen molar-refractivity contribution in [1.29, 1.82) is 0 Å². The van der Waals surface area contributed by atoms with Crippen molar-refractivity contribution >= 4 is 34.2 Å². The summed E-state index contributed by atoms with van der Waals surface area (Å²) in [5.74, 6) is 0.160. The Morgan fingerprint density at radius 2 is 1.87 bits per heavy atom. The number of hydrogen-bond donors (Lipinski definition) is 1. The van der Waals surface area contributed by atoms with E-state index in [-0.39, 0.29) is 23.1 Å². The third-order valence-corrected chi connectivity index (χ3v) is 7.34. The summed E-state index contributed by atoms with van der Waals surface area (Å²) >= 11 is 6.76. The van der Waals surface area contributed by atoms with Gasteiger partial charge in [0.2, 0.25) is 5.91 Å². The third-order valence-electron chi connectivity index (χ3n) is 7.03. The molecule has 1 saturated heterocycles. The highest BCUT2D eigenvalue weighted by molar-refractivity contribution is 6.34. The molecule has 1 N–H and O–H groups in total. The standard InChI is InChI=1S/C30H28ClFN4O2/c1-4-28(38)34-12-14-35(15-13-34)30-22-16-23(31)21(29-24(32)9-7-11-27(29)37)17-26(22)36(18-33-30)25-10-6-5-8-20(25)19(2)3/h4-11,16-19H,1,12-15H2,2-3H3/p+1. The first-order valence-electron chi connectivity index (χ1n) is 12.6. The van der Waals surface area contributed by atoms with E-state index in [0.717, 1.165) is 28.0 Å². The number of rotatable bonds is 5. The maximum atomic E-state index is 14.9.